The van der Waals surface area contributed by atoms with Crippen molar-refractivity contribution in [1.82, 2.24) is 19.7 Å². The number of hydrogen-bond donors (Lipinski definition) is 1. The van der Waals surface area contributed by atoms with E-state index < -0.39 is 46.2 Å². The van der Waals surface area contributed by atoms with Crippen LogP contribution in [0.1, 0.15) is 27.2 Å². The first-order valence-electron chi connectivity index (χ1n) is 10.7. The van der Waals surface area contributed by atoms with Gasteiger partial charge in [-0.25, -0.2) is 13.6 Å². The molecule has 0 aliphatic rings. The summed E-state index contributed by atoms with van der Waals surface area (Å²) in [6.07, 6.45) is -4.62. The van der Waals surface area contributed by atoms with Crippen molar-refractivity contribution in [2.24, 2.45) is 0 Å². The first-order valence-corrected chi connectivity index (χ1v) is 10.7. The molecular weight excluding hydrogens is 499 g/mol. The molecule has 0 fully saturated rings. The van der Waals surface area contributed by atoms with Gasteiger partial charge in [-0.1, -0.05) is 24.3 Å². The van der Waals surface area contributed by atoms with Crippen LogP contribution in [0.2, 0.25) is 0 Å². The number of rotatable bonds is 6. The van der Waals surface area contributed by atoms with Crippen LogP contribution < -0.4 is 16.6 Å². The van der Waals surface area contributed by atoms with Crippen molar-refractivity contribution in [3.05, 3.63) is 128 Å². The average molecular weight is 516 g/mol. The van der Waals surface area contributed by atoms with E-state index in [1.165, 1.54) is 36.4 Å². The minimum absolute atomic E-state index is 0.0996. The van der Waals surface area contributed by atoms with E-state index in [0.29, 0.717) is 20.4 Å². The van der Waals surface area contributed by atoms with Gasteiger partial charge in [0.1, 0.15) is 11.6 Å². The maximum absolute atomic E-state index is 13.3. The Morgan fingerprint density at radius 1 is 0.811 bits per heavy atom. The molecular formula is C25H17F5N4O3. The van der Waals surface area contributed by atoms with Crippen molar-refractivity contribution in [2.75, 3.05) is 0 Å². The van der Waals surface area contributed by atoms with Crippen LogP contribution in [0.5, 0.6) is 0 Å². The van der Waals surface area contributed by atoms with E-state index in [4.69, 9.17) is 0 Å². The van der Waals surface area contributed by atoms with Crippen LogP contribution in [-0.2, 0) is 19.3 Å². The van der Waals surface area contributed by atoms with Gasteiger partial charge in [0.25, 0.3) is 11.5 Å². The van der Waals surface area contributed by atoms with E-state index in [1.54, 1.807) is 0 Å². The molecule has 1 heterocycles. The van der Waals surface area contributed by atoms with Gasteiger partial charge in [-0.05, 0) is 59.7 Å². The molecule has 0 radical (unpaired) electrons. The molecule has 4 rings (SSSR count). The van der Waals surface area contributed by atoms with Gasteiger partial charge < -0.3 is 5.32 Å². The van der Waals surface area contributed by atoms with Crippen molar-refractivity contribution < 1.29 is 26.7 Å². The smallest absolute Gasteiger partial charge is 0.346 e. The quantitative estimate of drug-likeness (QED) is 0.397. The van der Waals surface area contributed by atoms with Gasteiger partial charge in [0, 0.05) is 6.54 Å². The average Bonchev–Trinajstić information content (AvgIpc) is 2.87. The molecule has 3 aromatic carbocycles. The molecule has 0 bridgehead atoms. The van der Waals surface area contributed by atoms with Crippen LogP contribution in [0, 0.1) is 11.6 Å². The van der Waals surface area contributed by atoms with Crippen molar-refractivity contribution in [2.45, 2.75) is 19.3 Å². The molecule has 0 aliphatic carbocycles. The highest BCUT2D eigenvalue weighted by atomic mass is 19.4. The first-order chi connectivity index (χ1) is 17.5. The summed E-state index contributed by atoms with van der Waals surface area (Å²) in [7, 11) is 0. The van der Waals surface area contributed by atoms with E-state index in [0.717, 1.165) is 36.4 Å². The van der Waals surface area contributed by atoms with Gasteiger partial charge in [-0.15, -0.1) is 0 Å². The maximum Gasteiger partial charge on any atom is 0.416 e. The minimum Gasteiger partial charge on any atom is -0.346 e. The third-order valence-corrected chi connectivity index (χ3v) is 5.33. The molecule has 0 spiro atoms. The predicted molar refractivity (Wildman–Crippen MR) is 122 cm³/mol. The zero-order valence-corrected chi connectivity index (χ0v) is 18.8. The highest BCUT2D eigenvalue weighted by Gasteiger charge is 2.30. The fourth-order valence-electron chi connectivity index (χ4n) is 3.40. The summed E-state index contributed by atoms with van der Waals surface area (Å²) in [5.41, 5.74) is -3.03. The first kappa shape index (κ1) is 25.5. The number of hydrogen-bond acceptors (Lipinski definition) is 4. The molecule has 1 aromatic heterocycles. The van der Waals surface area contributed by atoms with E-state index in [9.17, 15) is 36.3 Å². The zero-order chi connectivity index (χ0) is 26.7. The van der Waals surface area contributed by atoms with Gasteiger partial charge in [0.2, 0.25) is 5.69 Å². The topological polar surface area (TPSA) is 86.0 Å². The molecule has 7 nitrogen and oxygen atoms in total. The van der Waals surface area contributed by atoms with Crippen molar-refractivity contribution in [3.63, 3.8) is 0 Å². The van der Waals surface area contributed by atoms with E-state index >= 15 is 0 Å². The molecule has 1 amide bonds. The minimum atomic E-state index is -4.62. The summed E-state index contributed by atoms with van der Waals surface area (Å²) >= 11 is 0. The molecule has 0 saturated carbocycles. The number of carbonyl (C=O) groups excluding carboxylic acids is 1. The third-order valence-electron chi connectivity index (χ3n) is 5.33. The number of nitrogens with zero attached hydrogens (tertiary/aromatic N) is 3. The fourth-order valence-corrected chi connectivity index (χ4v) is 3.40. The predicted octanol–water partition coefficient (Wildman–Crippen LogP) is 3.67. The lowest BCUT2D eigenvalue weighted by Crippen LogP contribution is -2.46. The summed E-state index contributed by atoms with van der Waals surface area (Å²) in [5, 5.41) is 6.28. The molecule has 0 aliphatic heterocycles. The van der Waals surface area contributed by atoms with E-state index in [1.807, 2.05) is 0 Å². The van der Waals surface area contributed by atoms with Gasteiger partial charge in [0.15, 0.2) is 0 Å². The van der Waals surface area contributed by atoms with E-state index in [2.05, 4.69) is 10.4 Å². The molecule has 12 heteroatoms. The lowest BCUT2D eigenvalue weighted by atomic mass is 10.2. The number of amides is 1. The zero-order valence-electron chi connectivity index (χ0n) is 18.8. The molecule has 37 heavy (non-hydrogen) atoms. The highest BCUT2D eigenvalue weighted by Crippen LogP contribution is 2.29. The van der Waals surface area contributed by atoms with Crippen molar-refractivity contribution in [3.8, 4) is 5.69 Å². The Labute approximate surface area is 205 Å². The normalized spacial score (nSPS) is 11.4. The SMILES string of the molecule is O=C(NCc1ccc(F)cc1)c1nn(-c2ccc(C(F)(F)F)cc2)c(=O)n(Cc2ccc(F)cc2)c1=O. The summed E-state index contributed by atoms with van der Waals surface area (Å²) in [6.45, 7) is -0.461. The molecule has 0 saturated heterocycles. The fraction of sp³-hybridized carbons (Fsp3) is 0.120. The second-order valence-corrected chi connectivity index (χ2v) is 7.91. The standard InChI is InChI=1S/C25H17F5N4O3/c26-18-7-1-15(2-8-18)13-31-22(35)21-23(36)33(14-16-3-9-19(27)10-4-16)24(37)34(32-21)20-11-5-17(6-12-20)25(28,29)30/h1-12H,13-14H2,(H,31,35). The molecule has 0 unspecified atom stereocenters. The summed E-state index contributed by atoms with van der Waals surface area (Å²) < 4.78 is 66.7. The number of alkyl halides is 3. The number of nitrogens with one attached hydrogen (secondary N) is 1. The Balaban J connectivity index is 1.76. The molecule has 4 aromatic rings. The number of carbonyl (C=O) groups is 1. The van der Waals surface area contributed by atoms with E-state index in [-0.39, 0.29) is 18.8 Å². The molecule has 190 valence electrons. The van der Waals surface area contributed by atoms with Gasteiger partial charge in [0.05, 0.1) is 17.8 Å². The van der Waals surface area contributed by atoms with Crippen LogP contribution in [0.15, 0.2) is 82.4 Å². The monoisotopic (exact) mass is 516 g/mol. The second-order valence-electron chi connectivity index (χ2n) is 7.91. The number of benzene rings is 3. The van der Waals surface area contributed by atoms with Crippen LogP contribution in [0.4, 0.5) is 22.0 Å². The van der Waals surface area contributed by atoms with Crippen LogP contribution in [-0.4, -0.2) is 20.3 Å². The van der Waals surface area contributed by atoms with Crippen molar-refractivity contribution in [1.29, 1.82) is 0 Å². The Kier molecular flexibility index (Phi) is 7.00. The summed E-state index contributed by atoms with van der Waals surface area (Å²) in [6, 6.07) is 13.5. The van der Waals surface area contributed by atoms with Gasteiger partial charge >= 0.3 is 11.9 Å². The lowest BCUT2D eigenvalue weighted by Gasteiger charge is -2.13. The third kappa shape index (κ3) is 5.80. The maximum atomic E-state index is 13.3. The molecule has 1 N–H and O–H groups in total. The highest BCUT2D eigenvalue weighted by molar-refractivity contribution is 5.91. The number of halogens is 5. The van der Waals surface area contributed by atoms with Crippen molar-refractivity contribution >= 4 is 5.91 Å². The lowest BCUT2D eigenvalue weighted by molar-refractivity contribution is -0.137. The van der Waals surface area contributed by atoms with Gasteiger partial charge in [-0.2, -0.15) is 23.0 Å². The Morgan fingerprint density at radius 2 is 1.35 bits per heavy atom. The van der Waals surface area contributed by atoms with Crippen LogP contribution >= 0.6 is 0 Å². The largest absolute Gasteiger partial charge is 0.416 e. The Bertz CT molecular complexity index is 1540. The second kappa shape index (κ2) is 10.2. The summed E-state index contributed by atoms with van der Waals surface area (Å²) in [5.74, 6) is -2.00. The summed E-state index contributed by atoms with van der Waals surface area (Å²) in [4.78, 5) is 39.1. The number of aromatic nitrogens is 3. The molecule has 0 atom stereocenters. The Morgan fingerprint density at radius 3 is 1.89 bits per heavy atom. The van der Waals surface area contributed by atoms with Gasteiger partial charge in [-0.3, -0.25) is 14.2 Å². The van der Waals surface area contributed by atoms with Crippen LogP contribution in [0.25, 0.3) is 5.69 Å². The van der Waals surface area contributed by atoms with Crippen LogP contribution in [0.3, 0.4) is 0 Å². The Hall–Kier alpha value is -4.61.